The number of H-pyrrole nitrogens is 1. The summed E-state index contributed by atoms with van der Waals surface area (Å²) in [6, 6.07) is 4.37. The van der Waals surface area contributed by atoms with Crippen LogP contribution in [0.3, 0.4) is 0 Å². The van der Waals surface area contributed by atoms with Gasteiger partial charge in [-0.05, 0) is 31.4 Å². The predicted octanol–water partition coefficient (Wildman–Crippen LogP) is 3.82. The van der Waals surface area contributed by atoms with Crippen molar-refractivity contribution in [3.8, 4) is 10.7 Å². The number of nitrogens with one attached hydrogen (secondary N) is 1. The van der Waals surface area contributed by atoms with E-state index in [2.05, 4.69) is 31.7 Å². The largest absolute Gasteiger partial charge is 0.373 e. The maximum Gasteiger partial charge on any atom is 0.150 e. The number of imidazole rings is 2. The third kappa shape index (κ3) is 3.23. The van der Waals surface area contributed by atoms with E-state index >= 15 is 0 Å². The van der Waals surface area contributed by atoms with Gasteiger partial charge >= 0.3 is 0 Å². The van der Waals surface area contributed by atoms with Gasteiger partial charge in [0, 0.05) is 48.7 Å². The van der Waals surface area contributed by atoms with E-state index in [1.54, 1.807) is 17.7 Å². The Kier molecular flexibility index (Phi) is 4.26. The monoisotopic (exact) mass is 328 g/mol. The molecule has 1 atom stereocenters. The van der Waals surface area contributed by atoms with E-state index in [4.69, 9.17) is 4.74 Å². The topological polar surface area (TPSA) is 55.7 Å². The molecule has 0 aromatic carbocycles. The molecular weight excluding hydrogens is 308 g/mol. The molecule has 6 heteroatoms. The Morgan fingerprint density at radius 2 is 2.35 bits per heavy atom. The van der Waals surface area contributed by atoms with Crippen LogP contribution in [0.15, 0.2) is 37.1 Å². The molecule has 1 saturated heterocycles. The average Bonchev–Trinajstić information content (AvgIpc) is 3.33. The third-order valence-corrected chi connectivity index (χ3v) is 5.41. The number of hydrogen-bond acceptors (Lipinski definition) is 4. The summed E-state index contributed by atoms with van der Waals surface area (Å²) in [7, 11) is 0. The van der Waals surface area contributed by atoms with Crippen molar-refractivity contribution < 1.29 is 4.74 Å². The number of aromatic nitrogens is 4. The molecule has 1 fully saturated rings. The van der Waals surface area contributed by atoms with Crippen molar-refractivity contribution in [1.82, 2.24) is 19.5 Å². The second-order valence-electron chi connectivity index (χ2n) is 5.83. The van der Waals surface area contributed by atoms with Gasteiger partial charge in [-0.2, -0.15) is 0 Å². The lowest BCUT2D eigenvalue weighted by Gasteiger charge is -2.21. The fourth-order valence-corrected chi connectivity index (χ4v) is 4.09. The first-order chi connectivity index (χ1) is 11.4. The molecule has 3 aromatic rings. The molecule has 0 amide bonds. The predicted molar refractivity (Wildman–Crippen MR) is 90.4 cm³/mol. The summed E-state index contributed by atoms with van der Waals surface area (Å²) in [6.45, 7) is 1.78. The van der Waals surface area contributed by atoms with Gasteiger partial charge < -0.3 is 14.3 Å². The summed E-state index contributed by atoms with van der Waals surface area (Å²) in [5.41, 5.74) is 1.15. The highest BCUT2D eigenvalue weighted by Gasteiger charge is 2.19. The number of aromatic amines is 1. The lowest BCUT2D eigenvalue weighted by Crippen LogP contribution is -2.09. The van der Waals surface area contributed by atoms with Crippen LogP contribution in [-0.2, 0) is 17.7 Å². The van der Waals surface area contributed by atoms with Gasteiger partial charge in [0.2, 0.25) is 0 Å². The molecule has 5 nitrogen and oxygen atoms in total. The second-order valence-corrected chi connectivity index (χ2v) is 6.94. The number of thiophene rings is 1. The Morgan fingerprint density at radius 1 is 1.35 bits per heavy atom. The lowest BCUT2D eigenvalue weighted by atomic mass is 10.1. The Balaban J connectivity index is 1.50. The number of nitrogens with zero attached hydrogens (tertiary/aromatic N) is 3. The number of hydrogen-bond donors (Lipinski definition) is 1. The Hall–Kier alpha value is -1.92. The SMILES string of the molecule is c1cn(CCc2cnc[nH]2)c(-c2ccc([C@H]3CCCCO3)s2)n1. The van der Waals surface area contributed by atoms with Gasteiger partial charge in [0.25, 0.3) is 0 Å². The van der Waals surface area contributed by atoms with Gasteiger partial charge in [0.05, 0.1) is 17.3 Å². The van der Waals surface area contributed by atoms with E-state index < -0.39 is 0 Å². The minimum atomic E-state index is 0.274. The highest BCUT2D eigenvalue weighted by molar-refractivity contribution is 7.15. The van der Waals surface area contributed by atoms with Crippen LogP contribution in [0.1, 0.15) is 35.9 Å². The van der Waals surface area contributed by atoms with Gasteiger partial charge in [-0.15, -0.1) is 11.3 Å². The van der Waals surface area contributed by atoms with Crippen LogP contribution in [-0.4, -0.2) is 26.1 Å². The van der Waals surface area contributed by atoms with Crippen molar-refractivity contribution in [1.29, 1.82) is 0 Å². The van der Waals surface area contributed by atoms with E-state index in [0.29, 0.717) is 0 Å². The van der Waals surface area contributed by atoms with Crippen LogP contribution in [0.25, 0.3) is 10.7 Å². The summed E-state index contributed by atoms with van der Waals surface area (Å²) in [5, 5.41) is 0. The van der Waals surface area contributed by atoms with Gasteiger partial charge in [-0.1, -0.05) is 0 Å². The van der Waals surface area contributed by atoms with E-state index in [9.17, 15) is 0 Å². The zero-order valence-electron chi connectivity index (χ0n) is 12.9. The summed E-state index contributed by atoms with van der Waals surface area (Å²) in [4.78, 5) is 14.3. The molecule has 0 unspecified atom stereocenters. The minimum Gasteiger partial charge on any atom is -0.373 e. The Bertz CT molecular complexity index is 740. The molecular formula is C17H20N4OS. The van der Waals surface area contributed by atoms with Crippen molar-refractivity contribution >= 4 is 11.3 Å². The van der Waals surface area contributed by atoms with E-state index in [1.807, 2.05) is 18.6 Å². The molecule has 4 rings (SSSR count). The van der Waals surface area contributed by atoms with E-state index in [1.165, 1.54) is 22.6 Å². The highest BCUT2D eigenvalue weighted by atomic mass is 32.1. The summed E-state index contributed by atoms with van der Waals surface area (Å²) >= 11 is 1.81. The van der Waals surface area contributed by atoms with Crippen LogP contribution in [0.4, 0.5) is 0 Å². The maximum atomic E-state index is 5.89. The standard InChI is InChI=1S/C17H20N4OS/c1-2-10-22-14(3-1)15-4-5-16(23-15)17-19-7-9-21(17)8-6-13-11-18-12-20-13/h4-5,7,9,11-12,14H,1-3,6,8,10H2,(H,18,20)/t14-/m1/s1. The summed E-state index contributed by atoms with van der Waals surface area (Å²) in [5.74, 6) is 1.04. The van der Waals surface area contributed by atoms with Gasteiger partial charge in [0.15, 0.2) is 0 Å². The molecule has 1 aliphatic heterocycles. The Labute approximate surface area is 139 Å². The normalized spacial score (nSPS) is 18.3. The van der Waals surface area contributed by atoms with E-state index in [0.717, 1.165) is 37.5 Å². The van der Waals surface area contributed by atoms with Crippen LogP contribution in [0.2, 0.25) is 0 Å². The number of rotatable bonds is 5. The molecule has 23 heavy (non-hydrogen) atoms. The molecule has 4 heterocycles. The van der Waals surface area contributed by atoms with Crippen molar-refractivity contribution in [2.75, 3.05) is 6.61 Å². The number of ether oxygens (including phenoxy) is 1. The molecule has 1 aliphatic rings. The fraction of sp³-hybridized carbons (Fsp3) is 0.412. The van der Waals surface area contributed by atoms with Crippen LogP contribution < -0.4 is 0 Å². The second kappa shape index (κ2) is 6.68. The quantitative estimate of drug-likeness (QED) is 0.774. The molecule has 0 radical (unpaired) electrons. The zero-order chi connectivity index (χ0) is 15.5. The first kappa shape index (κ1) is 14.7. The zero-order valence-corrected chi connectivity index (χ0v) is 13.8. The molecule has 120 valence electrons. The molecule has 0 spiro atoms. The summed E-state index contributed by atoms with van der Waals surface area (Å²) in [6.07, 6.45) is 12.3. The highest BCUT2D eigenvalue weighted by Crippen LogP contribution is 2.36. The fourth-order valence-electron chi connectivity index (χ4n) is 2.99. The van der Waals surface area contributed by atoms with E-state index in [-0.39, 0.29) is 6.10 Å². The lowest BCUT2D eigenvalue weighted by molar-refractivity contribution is 0.0172. The van der Waals surface area contributed by atoms with Crippen molar-refractivity contribution in [2.24, 2.45) is 0 Å². The molecule has 1 N–H and O–H groups in total. The van der Waals surface area contributed by atoms with Crippen molar-refractivity contribution in [2.45, 2.75) is 38.3 Å². The Morgan fingerprint density at radius 3 is 3.17 bits per heavy atom. The first-order valence-electron chi connectivity index (χ1n) is 8.10. The molecule has 0 aliphatic carbocycles. The smallest absolute Gasteiger partial charge is 0.150 e. The minimum absolute atomic E-state index is 0.274. The van der Waals surface area contributed by atoms with Gasteiger partial charge in [-0.25, -0.2) is 9.97 Å². The number of aryl methyl sites for hydroxylation is 2. The van der Waals surface area contributed by atoms with Crippen LogP contribution in [0, 0.1) is 0 Å². The van der Waals surface area contributed by atoms with Crippen LogP contribution in [0.5, 0.6) is 0 Å². The summed E-state index contributed by atoms with van der Waals surface area (Å²) < 4.78 is 8.10. The maximum absolute atomic E-state index is 5.89. The first-order valence-corrected chi connectivity index (χ1v) is 8.92. The van der Waals surface area contributed by atoms with Crippen molar-refractivity contribution in [3.63, 3.8) is 0 Å². The average molecular weight is 328 g/mol. The molecule has 0 saturated carbocycles. The van der Waals surface area contributed by atoms with Crippen LogP contribution >= 0.6 is 11.3 Å². The third-order valence-electron chi connectivity index (χ3n) is 4.24. The molecule has 3 aromatic heterocycles. The van der Waals surface area contributed by atoms with Crippen molar-refractivity contribution in [3.05, 3.63) is 47.6 Å². The van der Waals surface area contributed by atoms with Gasteiger partial charge in [-0.3, -0.25) is 0 Å². The molecule has 0 bridgehead atoms. The van der Waals surface area contributed by atoms with Gasteiger partial charge in [0.1, 0.15) is 5.82 Å².